The summed E-state index contributed by atoms with van der Waals surface area (Å²) in [6.45, 7) is 3.23. The van der Waals surface area contributed by atoms with Gasteiger partial charge in [0.25, 0.3) is 0 Å². The molecule has 0 N–H and O–H groups in total. The molecular formula is C23H20F3N5O. The van der Waals surface area contributed by atoms with Crippen LogP contribution in [-0.4, -0.2) is 26.3 Å². The van der Waals surface area contributed by atoms with Crippen molar-refractivity contribution in [3.8, 4) is 0 Å². The van der Waals surface area contributed by atoms with E-state index in [1.807, 2.05) is 24.3 Å². The van der Waals surface area contributed by atoms with E-state index >= 15 is 0 Å². The van der Waals surface area contributed by atoms with Crippen LogP contribution in [0.25, 0.3) is 0 Å². The van der Waals surface area contributed by atoms with Crippen molar-refractivity contribution in [2.24, 2.45) is 20.5 Å². The Labute approximate surface area is 183 Å². The highest BCUT2D eigenvalue weighted by Crippen LogP contribution is 2.31. The largest absolute Gasteiger partial charge is 0.416 e. The molecule has 4 rings (SSSR count). The van der Waals surface area contributed by atoms with Crippen LogP contribution >= 0.6 is 0 Å². The third-order valence-corrected chi connectivity index (χ3v) is 4.83. The highest BCUT2D eigenvalue weighted by molar-refractivity contribution is 5.53. The molecule has 1 fully saturated rings. The summed E-state index contributed by atoms with van der Waals surface area (Å²) in [6.07, 6.45) is -4.37. The van der Waals surface area contributed by atoms with Gasteiger partial charge in [-0.3, -0.25) is 0 Å². The first kappa shape index (κ1) is 21.6. The summed E-state index contributed by atoms with van der Waals surface area (Å²) in [4.78, 5) is 2.27. The summed E-state index contributed by atoms with van der Waals surface area (Å²) < 4.78 is 43.2. The molecule has 0 amide bonds. The molecule has 32 heavy (non-hydrogen) atoms. The lowest BCUT2D eigenvalue weighted by atomic mass is 10.2. The molecule has 0 saturated carbocycles. The number of benzene rings is 3. The van der Waals surface area contributed by atoms with Gasteiger partial charge in [-0.15, -0.1) is 0 Å². The maximum Gasteiger partial charge on any atom is 0.416 e. The molecule has 164 valence electrons. The Morgan fingerprint density at radius 3 is 1.38 bits per heavy atom. The van der Waals surface area contributed by atoms with Gasteiger partial charge in [0, 0.05) is 18.8 Å². The topological polar surface area (TPSA) is 61.9 Å². The summed E-state index contributed by atoms with van der Waals surface area (Å²) in [5.41, 5.74) is 2.70. The van der Waals surface area contributed by atoms with Crippen LogP contribution in [0.15, 0.2) is 93.3 Å². The van der Waals surface area contributed by atoms with Crippen molar-refractivity contribution in [2.75, 3.05) is 31.2 Å². The number of rotatable bonds is 5. The fourth-order valence-corrected chi connectivity index (χ4v) is 3.09. The Bertz CT molecular complexity index is 1070. The second-order valence-electron chi connectivity index (χ2n) is 7.08. The van der Waals surface area contributed by atoms with Gasteiger partial charge in [-0.25, -0.2) is 0 Å². The molecule has 0 aliphatic carbocycles. The van der Waals surface area contributed by atoms with Gasteiger partial charge in [-0.1, -0.05) is 0 Å². The average Bonchev–Trinajstić information content (AvgIpc) is 2.83. The third-order valence-electron chi connectivity index (χ3n) is 4.83. The second-order valence-corrected chi connectivity index (χ2v) is 7.08. The van der Waals surface area contributed by atoms with E-state index in [2.05, 4.69) is 25.4 Å². The molecule has 1 aliphatic heterocycles. The fourth-order valence-electron chi connectivity index (χ4n) is 3.09. The van der Waals surface area contributed by atoms with Crippen molar-refractivity contribution in [3.63, 3.8) is 0 Å². The van der Waals surface area contributed by atoms with E-state index in [9.17, 15) is 13.2 Å². The summed E-state index contributed by atoms with van der Waals surface area (Å²) >= 11 is 0. The van der Waals surface area contributed by atoms with Crippen molar-refractivity contribution in [1.29, 1.82) is 0 Å². The second kappa shape index (κ2) is 9.69. The molecule has 0 aromatic heterocycles. The Kier molecular flexibility index (Phi) is 6.55. The maximum absolute atomic E-state index is 12.6. The van der Waals surface area contributed by atoms with Gasteiger partial charge in [0.15, 0.2) is 0 Å². The van der Waals surface area contributed by atoms with Crippen LogP contribution < -0.4 is 4.90 Å². The minimum absolute atomic E-state index is 0.335. The summed E-state index contributed by atoms with van der Waals surface area (Å²) in [7, 11) is 0. The first-order valence-electron chi connectivity index (χ1n) is 10.0. The molecule has 0 unspecified atom stereocenters. The molecule has 0 spiro atoms. The van der Waals surface area contributed by atoms with Crippen molar-refractivity contribution >= 4 is 28.4 Å². The van der Waals surface area contributed by atoms with Crippen LogP contribution in [-0.2, 0) is 10.9 Å². The quantitative estimate of drug-likeness (QED) is 0.390. The predicted octanol–water partition coefficient (Wildman–Crippen LogP) is 7.37. The summed E-state index contributed by atoms with van der Waals surface area (Å²) in [6, 6.07) is 19.3. The highest BCUT2D eigenvalue weighted by Gasteiger charge is 2.29. The molecule has 0 bridgehead atoms. The van der Waals surface area contributed by atoms with Gasteiger partial charge in [0.05, 0.1) is 41.5 Å². The van der Waals surface area contributed by atoms with Crippen LogP contribution in [0.2, 0.25) is 0 Å². The van der Waals surface area contributed by atoms with Crippen LogP contribution in [0.1, 0.15) is 5.56 Å². The van der Waals surface area contributed by atoms with E-state index in [0.29, 0.717) is 17.1 Å². The molecule has 9 heteroatoms. The van der Waals surface area contributed by atoms with Gasteiger partial charge < -0.3 is 9.64 Å². The van der Waals surface area contributed by atoms with Gasteiger partial charge in [-0.05, 0) is 72.8 Å². The normalized spacial score (nSPS) is 15.0. The lowest BCUT2D eigenvalue weighted by molar-refractivity contribution is -0.137. The number of hydrogen-bond donors (Lipinski definition) is 0. The number of morpholine rings is 1. The predicted molar refractivity (Wildman–Crippen MR) is 116 cm³/mol. The van der Waals surface area contributed by atoms with E-state index in [0.717, 1.165) is 49.8 Å². The zero-order chi connectivity index (χ0) is 22.4. The minimum Gasteiger partial charge on any atom is -0.378 e. The molecule has 3 aromatic rings. The maximum atomic E-state index is 12.6. The number of azo groups is 2. The third kappa shape index (κ3) is 5.76. The Morgan fingerprint density at radius 1 is 0.594 bits per heavy atom. The fraction of sp³-hybridized carbons (Fsp3) is 0.217. The van der Waals surface area contributed by atoms with Gasteiger partial charge >= 0.3 is 6.18 Å². The lowest BCUT2D eigenvalue weighted by Crippen LogP contribution is -2.36. The van der Waals surface area contributed by atoms with Crippen molar-refractivity contribution < 1.29 is 17.9 Å². The minimum atomic E-state index is -4.37. The van der Waals surface area contributed by atoms with E-state index in [4.69, 9.17) is 4.74 Å². The Morgan fingerprint density at radius 2 is 0.969 bits per heavy atom. The van der Waals surface area contributed by atoms with Crippen LogP contribution in [0.3, 0.4) is 0 Å². The molecule has 0 atom stereocenters. The molecule has 1 heterocycles. The number of ether oxygens (including phenoxy) is 1. The summed E-state index contributed by atoms with van der Waals surface area (Å²) in [5, 5.41) is 16.5. The molecule has 0 radical (unpaired) electrons. The van der Waals surface area contributed by atoms with E-state index in [-0.39, 0.29) is 0 Å². The SMILES string of the molecule is FC(F)(F)c1ccc(/N=N/c2ccc(/N=N/c3ccc(N4CCOCC4)cc3)cc2)cc1. The van der Waals surface area contributed by atoms with Crippen molar-refractivity contribution in [3.05, 3.63) is 78.4 Å². The monoisotopic (exact) mass is 439 g/mol. The molecular weight excluding hydrogens is 419 g/mol. The summed E-state index contributed by atoms with van der Waals surface area (Å²) in [5.74, 6) is 0. The molecule has 6 nitrogen and oxygen atoms in total. The van der Waals surface area contributed by atoms with Crippen molar-refractivity contribution in [2.45, 2.75) is 6.18 Å². The highest BCUT2D eigenvalue weighted by atomic mass is 19.4. The van der Waals surface area contributed by atoms with E-state index in [1.165, 1.54) is 12.1 Å². The number of alkyl halides is 3. The number of halogens is 3. The number of hydrogen-bond acceptors (Lipinski definition) is 6. The molecule has 1 saturated heterocycles. The smallest absolute Gasteiger partial charge is 0.378 e. The van der Waals surface area contributed by atoms with E-state index in [1.54, 1.807) is 24.3 Å². The van der Waals surface area contributed by atoms with Gasteiger partial charge in [0.2, 0.25) is 0 Å². The Hall–Kier alpha value is -3.59. The zero-order valence-corrected chi connectivity index (χ0v) is 17.0. The van der Waals surface area contributed by atoms with Gasteiger partial charge in [-0.2, -0.15) is 33.6 Å². The standard InChI is InChI=1S/C23H20F3N5O/c24-23(25,26)17-1-3-18(4-2-17)27-28-19-5-7-20(8-6-19)29-30-21-9-11-22(12-10-21)31-13-15-32-16-14-31/h1-12H,13-16H2/b28-27+,30-29+. The lowest BCUT2D eigenvalue weighted by Gasteiger charge is -2.28. The van der Waals surface area contributed by atoms with Crippen LogP contribution in [0, 0.1) is 0 Å². The zero-order valence-electron chi connectivity index (χ0n) is 17.0. The molecule has 1 aliphatic rings. The van der Waals surface area contributed by atoms with Crippen molar-refractivity contribution in [1.82, 2.24) is 0 Å². The average molecular weight is 439 g/mol. The first-order chi connectivity index (χ1) is 15.5. The van der Waals surface area contributed by atoms with Crippen LogP contribution in [0.5, 0.6) is 0 Å². The van der Waals surface area contributed by atoms with Gasteiger partial charge in [0.1, 0.15) is 0 Å². The number of nitrogens with zero attached hydrogens (tertiary/aromatic N) is 5. The Balaban J connectivity index is 1.35. The van der Waals surface area contributed by atoms with E-state index < -0.39 is 11.7 Å². The number of anilines is 1. The van der Waals surface area contributed by atoms with Crippen LogP contribution in [0.4, 0.5) is 41.6 Å². The molecule has 3 aromatic carbocycles. The first-order valence-corrected chi connectivity index (χ1v) is 10.0.